The van der Waals surface area contributed by atoms with Gasteiger partial charge in [0, 0.05) is 60.2 Å². The highest BCUT2D eigenvalue weighted by molar-refractivity contribution is 8.03. The van der Waals surface area contributed by atoms with E-state index in [1.54, 1.807) is 14.2 Å². The first-order chi connectivity index (χ1) is 14.2. The zero-order chi connectivity index (χ0) is 20.5. The van der Waals surface area contributed by atoms with Gasteiger partial charge in [-0.3, -0.25) is 9.69 Å². The molecule has 1 aromatic carbocycles. The number of nitrogens with one attached hydrogen (secondary N) is 1. The summed E-state index contributed by atoms with van der Waals surface area (Å²) in [5, 5.41) is 3.05. The first-order valence-corrected chi connectivity index (χ1v) is 12.9. The molecule has 1 aromatic rings. The van der Waals surface area contributed by atoms with Gasteiger partial charge in [-0.2, -0.15) is 23.5 Å². The van der Waals surface area contributed by atoms with Gasteiger partial charge < -0.3 is 14.8 Å². The quantitative estimate of drug-likeness (QED) is 0.668. The Balaban J connectivity index is 1.42. The molecule has 5 nitrogen and oxygen atoms in total. The fourth-order valence-electron chi connectivity index (χ4n) is 4.10. The third-order valence-corrected chi connectivity index (χ3v) is 8.29. The summed E-state index contributed by atoms with van der Waals surface area (Å²) in [6.45, 7) is 2.87. The minimum absolute atomic E-state index is 0.126. The van der Waals surface area contributed by atoms with Crippen LogP contribution in [0, 0.1) is 5.92 Å². The van der Waals surface area contributed by atoms with E-state index >= 15 is 0 Å². The standard InChI is InChI=1S/C22H34N2O3S2/c1-26-20-7-6-18(21(12-20)27-2)13-23-22(25)8-5-17-4-3-9-24(14-17)19-15-28-10-11-29-16-19/h6-7,12,17,19H,3-5,8-11,13-16H2,1-2H3,(H,23,25)/t17-/m1/s1. The molecule has 3 rings (SSSR count). The van der Waals surface area contributed by atoms with E-state index in [9.17, 15) is 4.79 Å². The lowest BCUT2D eigenvalue weighted by molar-refractivity contribution is -0.121. The number of carbonyl (C=O) groups is 1. The minimum atomic E-state index is 0.126. The summed E-state index contributed by atoms with van der Waals surface area (Å²) < 4.78 is 10.6. The lowest BCUT2D eigenvalue weighted by Gasteiger charge is -2.37. The van der Waals surface area contributed by atoms with Crippen LogP contribution >= 0.6 is 23.5 Å². The van der Waals surface area contributed by atoms with Crippen LogP contribution in [0.1, 0.15) is 31.2 Å². The first kappa shape index (κ1) is 22.6. The second-order valence-electron chi connectivity index (χ2n) is 7.80. The number of rotatable bonds is 8. The van der Waals surface area contributed by atoms with Gasteiger partial charge in [0.1, 0.15) is 11.5 Å². The van der Waals surface area contributed by atoms with Gasteiger partial charge in [0.25, 0.3) is 0 Å². The number of methoxy groups -OCH3 is 2. The summed E-state index contributed by atoms with van der Waals surface area (Å²) in [4.78, 5) is 15.1. The minimum Gasteiger partial charge on any atom is -0.497 e. The predicted octanol–water partition coefficient (Wildman–Crippen LogP) is 3.66. The zero-order valence-electron chi connectivity index (χ0n) is 17.7. The van der Waals surface area contributed by atoms with Crippen LogP contribution in [0.15, 0.2) is 18.2 Å². The maximum Gasteiger partial charge on any atom is 0.220 e. The number of ether oxygens (including phenoxy) is 2. The molecule has 1 atom stereocenters. The maximum atomic E-state index is 12.4. The molecule has 2 fully saturated rings. The molecule has 162 valence electrons. The van der Waals surface area contributed by atoms with Crippen molar-refractivity contribution < 1.29 is 14.3 Å². The lowest BCUT2D eigenvalue weighted by Crippen LogP contribution is -2.45. The molecular weight excluding hydrogens is 404 g/mol. The number of carbonyl (C=O) groups excluding carboxylic acids is 1. The molecule has 29 heavy (non-hydrogen) atoms. The van der Waals surface area contributed by atoms with Gasteiger partial charge in [-0.1, -0.05) is 0 Å². The summed E-state index contributed by atoms with van der Waals surface area (Å²) >= 11 is 4.20. The fraction of sp³-hybridized carbons (Fsp3) is 0.682. The molecule has 1 N–H and O–H groups in total. The van der Waals surface area contributed by atoms with Crippen LogP contribution in [0.3, 0.4) is 0 Å². The maximum absolute atomic E-state index is 12.4. The van der Waals surface area contributed by atoms with Gasteiger partial charge in [-0.05, 0) is 43.9 Å². The van der Waals surface area contributed by atoms with Gasteiger partial charge in [0.15, 0.2) is 0 Å². The Morgan fingerprint density at radius 2 is 2.00 bits per heavy atom. The van der Waals surface area contributed by atoms with E-state index in [0.717, 1.165) is 30.0 Å². The molecule has 2 heterocycles. The molecule has 0 aliphatic carbocycles. The highest BCUT2D eigenvalue weighted by Crippen LogP contribution is 2.27. The monoisotopic (exact) mass is 438 g/mol. The number of thioether (sulfide) groups is 2. The van der Waals surface area contributed by atoms with E-state index in [1.807, 2.05) is 18.2 Å². The molecule has 0 aromatic heterocycles. The van der Waals surface area contributed by atoms with Crippen molar-refractivity contribution >= 4 is 29.4 Å². The topological polar surface area (TPSA) is 50.8 Å². The third-order valence-electron chi connectivity index (χ3n) is 5.81. The Kier molecular flexibility index (Phi) is 9.34. The van der Waals surface area contributed by atoms with Crippen LogP contribution in [0.5, 0.6) is 11.5 Å². The number of amides is 1. The van der Waals surface area contributed by atoms with Crippen LogP contribution in [0.4, 0.5) is 0 Å². The largest absolute Gasteiger partial charge is 0.497 e. The molecule has 7 heteroatoms. The van der Waals surface area contributed by atoms with Crippen LogP contribution < -0.4 is 14.8 Å². The molecule has 1 amide bonds. The van der Waals surface area contributed by atoms with Crippen LogP contribution in [0.25, 0.3) is 0 Å². The number of likely N-dealkylation sites (tertiary alicyclic amines) is 1. The van der Waals surface area contributed by atoms with Crippen LogP contribution in [-0.2, 0) is 11.3 Å². The Morgan fingerprint density at radius 1 is 1.21 bits per heavy atom. The van der Waals surface area contributed by atoms with Gasteiger partial charge >= 0.3 is 0 Å². The average molecular weight is 439 g/mol. The van der Waals surface area contributed by atoms with Gasteiger partial charge in [0.05, 0.1) is 14.2 Å². The lowest BCUT2D eigenvalue weighted by atomic mass is 9.92. The van der Waals surface area contributed by atoms with E-state index in [4.69, 9.17) is 9.47 Å². The molecule has 2 aliphatic rings. The summed E-state index contributed by atoms with van der Waals surface area (Å²) in [6.07, 6.45) is 4.10. The Morgan fingerprint density at radius 3 is 2.72 bits per heavy atom. The van der Waals surface area contributed by atoms with Crippen molar-refractivity contribution in [3.63, 3.8) is 0 Å². The highest BCUT2D eigenvalue weighted by atomic mass is 32.2. The Labute approximate surface area is 183 Å². The fourth-order valence-corrected chi connectivity index (χ4v) is 6.72. The summed E-state index contributed by atoms with van der Waals surface area (Å²) in [5.74, 6) is 7.38. The molecule has 2 aliphatic heterocycles. The smallest absolute Gasteiger partial charge is 0.220 e. The number of nitrogens with zero attached hydrogens (tertiary/aromatic N) is 1. The zero-order valence-corrected chi connectivity index (χ0v) is 19.3. The van der Waals surface area contributed by atoms with Crippen LogP contribution in [-0.4, -0.2) is 67.2 Å². The number of hydrogen-bond acceptors (Lipinski definition) is 6. The molecule has 0 saturated carbocycles. The van der Waals surface area contributed by atoms with Crippen molar-refractivity contribution in [2.75, 3.05) is 50.3 Å². The van der Waals surface area contributed by atoms with E-state index in [1.165, 1.54) is 42.4 Å². The van der Waals surface area contributed by atoms with Gasteiger partial charge in [-0.25, -0.2) is 0 Å². The molecule has 2 saturated heterocycles. The van der Waals surface area contributed by atoms with Crippen molar-refractivity contribution in [1.82, 2.24) is 10.2 Å². The van der Waals surface area contributed by atoms with Crippen LogP contribution in [0.2, 0.25) is 0 Å². The summed E-state index contributed by atoms with van der Waals surface area (Å²) in [6, 6.07) is 6.40. The van der Waals surface area contributed by atoms with Crippen molar-refractivity contribution in [3.05, 3.63) is 23.8 Å². The van der Waals surface area contributed by atoms with Crippen molar-refractivity contribution in [3.8, 4) is 11.5 Å². The van der Waals surface area contributed by atoms with E-state index in [-0.39, 0.29) is 5.91 Å². The second kappa shape index (κ2) is 12.0. The number of hydrogen-bond donors (Lipinski definition) is 1. The SMILES string of the molecule is COc1ccc(CNC(=O)CC[C@H]2CCCN(C3CSCCSC3)C2)c(OC)c1. The van der Waals surface area contributed by atoms with Crippen molar-refractivity contribution in [1.29, 1.82) is 0 Å². The van der Waals surface area contributed by atoms with E-state index < -0.39 is 0 Å². The first-order valence-electron chi connectivity index (χ1n) is 10.6. The predicted molar refractivity (Wildman–Crippen MR) is 123 cm³/mol. The molecule has 0 bridgehead atoms. The van der Waals surface area contributed by atoms with E-state index in [0.29, 0.717) is 24.9 Å². The molecule has 0 unspecified atom stereocenters. The number of piperidine rings is 1. The average Bonchev–Trinajstić information content (AvgIpc) is 3.06. The molecule has 0 radical (unpaired) electrons. The van der Waals surface area contributed by atoms with Gasteiger partial charge in [0.2, 0.25) is 5.91 Å². The molecular formula is C22H34N2O3S2. The summed E-state index contributed by atoms with van der Waals surface area (Å²) in [7, 11) is 3.27. The number of benzene rings is 1. The molecule has 0 spiro atoms. The third kappa shape index (κ3) is 7.00. The highest BCUT2D eigenvalue weighted by Gasteiger charge is 2.27. The van der Waals surface area contributed by atoms with Gasteiger partial charge in [-0.15, -0.1) is 0 Å². The second-order valence-corrected chi connectivity index (χ2v) is 10.1. The van der Waals surface area contributed by atoms with E-state index in [2.05, 4.69) is 33.7 Å². The van der Waals surface area contributed by atoms with Crippen molar-refractivity contribution in [2.45, 2.75) is 38.3 Å². The Hall–Kier alpha value is -1.05. The van der Waals surface area contributed by atoms with Crippen molar-refractivity contribution in [2.24, 2.45) is 5.92 Å². The normalized spacial score (nSPS) is 21.4. The summed E-state index contributed by atoms with van der Waals surface area (Å²) in [5.41, 5.74) is 0.967. The Bertz CT molecular complexity index is 651.